The van der Waals surface area contributed by atoms with Gasteiger partial charge in [-0.15, -0.1) is 0 Å². The number of halogens is 6. The van der Waals surface area contributed by atoms with E-state index in [0.29, 0.717) is 189 Å². The second-order valence-corrected chi connectivity index (χ2v) is 30.5. The number of piperazine rings is 3. The second kappa shape index (κ2) is 35.2. The van der Waals surface area contributed by atoms with Crippen LogP contribution < -0.4 is 43.3 Å². The van der Waals surface area contributed by atoms with Crippen molar-refractivity contribution in [2.45, 2.75) is 37.8 Å². The van der Waals surface area contributed by atoms with Crippen LogP contribution in [0.4, 0.5) is 36.6 Å². The number of nitrogens with one attached hydrogen (secondary N) is 3. The van der Waals surface area contributed by atoms with Gasteiger partial charge in [0.25, 0.3) is 0 Å². The van der Waals surface area contributed by atoms with E-state index in [1.165, 1.54) is 61.4 Å². The van der Waals surface area contributed by atoms with Crippen LogP contribution in [0.1, 0.15) is 25.7 Å². The van der Waals surface area contributed by atoms with Gasteiger partial charge < -0.3 is 72.5 Å². The summed E-state index contributed by atoms with van der Waals surface area (Å²) >= 11 is 19.0. The van der Waals surface area contributed by atoms with Gasteiger partial charge in [-0.25, -0.2) is 33.1 Å². The number of aromatic nitrogens is 15. The summed E-state index contributed by atoms with van der Waals surface area (Å²) in [6.07, 6.45) is 17.5. The fourth-order valence-corrected chi connectivity index (χ4v) is 15.6. The molecule has 119 heavy (non-hydrogen) atoms. The predicted molar refractivity (Wildman–Crippen MR) is 442 cm³/mol. The number of likely N-dealkylation sites (N-methyl/N-ethyl adjacent to an activating group) is 2. The zero-order valence-corrected chi connectivity index (χ0v) is 67.4. The first-order chi connectivity index (χ1) is 57.8. The van der Waals surface area contributed by atoms with Gasteiger partial charge >= 0.3 is 12.0 Å². The number of aromatic amines is 3. The van der Waals surface area contributed by atoms with Crippen LogP contribution in [-0.2, 0) is 19.1 Å². The normalized spacial score (nSPS) is 17.4. The Bertz CT molecular complexity index is 5850. The minimum atomic E-state index is -0.659. The van der Waals surface area contributed by atoms with E-state index in [1.807, 2.05) is 20.2 Å². The summed E-state index contributed by atoms with van der Waals surface area (Å²) < 4.78 is 79.9. The van der Waals surface area contributed by atoms with Crippen LogP contribution in [0.3, 0.4) is 0 Å². The largest absolute Gasteiger partial charge is 0.463 e. The van der Waals surface area contributed by atoms with E-state index < -0.39 is 17.5 Å². The highest BCUT2D eigenvalue weighted by Crippen LogP contribution is 2.45. The van der Waals surface area contributed by atoms with E-state index in [9.17, 15) is 27.6 Å². The van der Waals surface area contributed by atoms with Crippen molar-refractivity contribution in [1.82, 2.24) is 99.9 Å². The molecule has 18 rings (SSSR count). The van der Waals surface area contributed by atoms with Crippen LogP contribution in [0.15, 0.2) is 112 Å². The smallest absolute Gasteiger partial charge is 0.319 e. The number of likely N-dealkylation sites (tertiary alicyclic amines) is 1. The number of anilines is 4. The number of rotatable bonds is 20. The van der Waals surface area contributed by atoms with Crippen molar-refractivity contribution in [3.8, 4) is 46.9 Å². The highest BCUT2D eigenvalue weighted by molar-refractivity contribution is 6.34. The van der Waals surface area contributed by atoms with E-state index in [1.54, 1.807) is 45.4 Å². The summed E-state index contributed by atoms with van der Waals surface area (Å²) in [4.78, 5) is 96.5. The zero-order chi connectivity index (χ0) is 82.7. The Morgan fingerprint density at radius 1 is 0.513 bits per heavy atom. The van der Waals surface area contributed by atoms with Crippen LogP contribution in [0.25, 0.3) is 65.4 Å². The molecule has 12 aromatic rings. The Balaban J connectivity index is 0.000000133. The summed E-state index contributed by atoms with van der Waals surface area (Å²) in [5, 5.41) is 23.2. The van der Waals surface area contributed by atoms with E-state index in [-0.39, 0.29) is 91.7 Å². The highest BCUT2D eigenvalue weighted by atomic mass is 35.5. The molecule has 2 atom stereocenters. The average molecular weight is 1690 g/mol. The summed E-state index contributed by atoms with van der Waals surface area (Å²) in [6.45, 7) is 22.0. The maximum Gasteiger partial charge on any atom is 0.319 e. The average Bonchev–Trinajstić information content (AvgIpc) is 1.45. The fraction of sp³-hybridized carbons (Fsp3) is 0.362. The minimum Gasteiger partial charge on any atom is -0.463 e. The molecule has 39 heteroatoms. The number of nitrogens with zero attached hydrogens (tertiary/aromatic N) is 21. The molecule has 3 aromatic carbocycles. The summed E-state index contributed by atoms with van der Waals surface area (Å²) in [5.74, 6) is 1.21. The van der Waals surface area contributed by atoms with Crippen molar-refractivity contribution >= 4 is 141 Å². The first-order valence-corrected chi connectivity index (χ1v) is 39.8. The molecule has 0 spiro atoms. The molecule has 15 heterocycles. The van der Waals surface area contributed by atoms with Crippen molar-refractivity contribution in [1.29, 1.82) is 0 Å². The number of carbonyl (C=O) groups is 3. The highest BCUT2D eigenvalue weighted by Gasteiger charge is 2.35. The number of benzene rings is 3. The van der Waals surface area contributed by atoms with E-state index in [0.717, 1.165) is 50.1 Å². The lowest BCUT2D eigenvalue weighted by Gasteiger charge is -2.43. The van der Waals surface area contributed by atoms with Crippen molar-refractivity contribution < 1.29 is 56.0 Å². The van der Waals surface area contributed by atoms with Gasteiger partial charge in [0.15, 0.2) is 17.2 Å². The quantitative estimate of drug-likeness (QED) is 0.0597. The molecule has 0 unspecified atom stereocenters. The Morgan fingerprint density at radius 3 is 1.29 bits per heavy atom. The molecule has 618 valence electrons. The van der Waals surface area contributed by atoms with Crippen LogP contribution >= 0.6 is 34.8 Å². The predicted octanol–water partition coefficient (Wildman–Crippen LogP) is 11.0. The van der Waals surface area contributed by atoms with Crippen molar-refractivity contribution in [3.63, 3.8) is 0 Å². The van der Waals surface area contributed by atoms with E-state index >= 15 is 0 Å². The molecule has 6 fully saturated rings. The van der Waals surface area contributed by atoms with Crippen molar-refractivity contribution in [2.24, 2.45) is 5.92 Å². The molecule has 6 saturated heterocycles. The van der Waals surface area contributed by atoms with Gasteiger partial charge in [0.05, 0.1) is 80.7 Å². The number of piperidine rings is 1. The molecular formula is C80H82Cl3F3N24O9. The third kappa shape index (κ3) is 16.9. The van der Waals surface area contributed by atoms with Gasteiger partial charge in [0.2, 0.25) is 41.3 Å². The standard InChI is InChI=1S/C28H30ClFN8O3.C26H27ClFN9O2.C26H25ClFN7O4/c1-3-22(39)37-10-12-38(13-11-37)26-18-7-8-31-27(41-25-19-15-32-35-21(19)14-20(30)23(25)29)24(18)33-28(34-26)40-16-17-6-4-5-9-36(17)2;1-4-20(38)35-7-9-36(10-8-35)24-16-5-6-29-25(22(16)31-26(32-24)37-13-15(14-37)34(2)3)39-23-17-12-30-33-19(17)11-18(28)21(23)27;1-2-20(36)34-6-8-35(9-7-34)24-16-3-5-29-25(22(16)31-26(32-24)38-14-15-4-10-37-13-15)39-23-17-12-30-33-19(17)11-18(28)21(23)27/h3,7-8,14-15,17H,1,4-6,9-13,16H2,2H3,(H,32,35);4-6,11-12,15H,1,7-10,13-14H2,2-3H3,(H,30,33);2-3,5,11-12,15H,1,4,6-10,13-14H2,(H,30,33)/t17-;;15-/m0.0/s1. The van der Waals surface area contributed by atoms with Gasteiger partial charge in [-0.05, 0) is 83.4 Å². The number of ether oxygens (including phenoxy) is 6. The fourth-order valence-electron chi connectivity index (χ4n) is 15.0. The van der Waals surface area contributed by atoms with Gasteiger partial charge in [-0.2, -0.15) is 40.2 Å². The Morgan fingerprint density at radius 2 is 0.908 bits per heavy atom. The minimum absolute atomic E-state index is 0.0719. The van der Waals surface area contributed by atoms with Crippen LogP contribution in [-0.4, -0.2) is 275 Å². The van der Waals surface area contributed by atoms with E-state index in [2.05, 4.69) is 107 Å². The molecule has 33 nitrogen and oxygen atoms in total. The number of H-pyrrole nitrogens is 3. The zero-order valence-electron chi connectivity index (χ0n) is 65.1. The number of amides is 3. The Kier molecular flexibility index (Phi) is 23.9. The molecule has 0 saturated carbocycles. The van der Waals surface area contributed by atoms with Gasteiger partial charge in [-0.1, -0.05) is 61.0 Å². The molecule has 0 aliphatic carbocycles. The first-order valence-electron chi connectivity index (χ1n) is 38.7. The lowest BCUT2D eigenvalue weighted by molar-refractivity contribution is -0.127. The summed E-state index contributed by atoms with van der Waals surface area (Å²) in [6, 6.07) is 10.2. The number of carbonyl (C=O) groups excluding carboxylic acids is 3. The molecule has 6 aliphatic heterocycles. The molecule has 0 radical (unpaired) electrons. The van der Waals surface area contributed by atoms with Gasteiger partial charge in [-0.3, -0.25) is 29.7 Å². The SMILES string of the molecule is C=CC(=O)N1CCN(c2nc(N3CC(N(C)C)C3)nc3c(Oc4c(Cl)c(F)cc5[nH]ncc45)nccc23)CC1.C=CC(=O)N1CCN(c2nc(OC[C@@H]3CCCCN3C)nc3c(Oc4c(Cl)c(F)cc5[nH]ncc45)nccc23)CC1.C=CC(=O)N1CCN(c2nc(OC[C@H]3CCOC3)nc3c(Oc4c(Cl)c(F)cc5[nH]ncc45)nccc23)CC1. The van der Waals surface area contributed by atoms with Crippen LogP contribution in [0, 0.1) is 23.4 Å². The molecule has 3 N–H and O–H groups in total. The molecule has 6 aliphatic rings. The van der Waals surface area contributed by atoms with E-state index in [4.69, 9.17) is 88.1 Å². The lowest BCUT2D eigenvalue weighted by Crippen LogP contribution is -2.58. The topological polar surface area (TPSA) is 338 Å². The molecule has 9 aromatic heterocycles. The molecule has 0 bridgehead atoms. The second-order valence-electron chi connectivity index (χ2n) is 29.4. The van der Waals surface area contributed by atoms with Crippen molar-refractivity contribution in [3.05, 3.63) is 144 Å². The number of hydrogen-bond donors (Lipinski definition) is 3. The van der Waals surface area contributed by atoms with Crippen LogP contribution in [0.2, 0.25) is 15.1 Å². The Labute approximate surface area is 693 Å². The Hall–Kier alpha value is -12.1. The van der Waals surface area contributed by atoms with Crippen molar-refractivity contribution in [2.75, 3.05) is 165 Å². The summed E-state index contributed by atoms with van der Waals surface area (Å²) in [7, 11) is 6.20. The van der Waals surface area contributed by atoms with Crippen LogP contribution in [0.5, 0.6) is 46.9 Å². The number of hydrogen-bond acceptors (Lipinski definition) is 27. The molecular weight excluding hydrogens is 1600 g/mol. The number of pyridine rings is 3. The molecule has 3 amide bonds. The first kappa shape index (κ1) is 80.7. The monoisotopic (exact) mass is 1680 g/mol. The lowest BCUT2D eigenvalue weighted by atomic mass is 10.0. The van der Waals surface area contributed by atoms with Gasteiger partial charge in [0, 0.05) is 153 Å². The third-order valence-corrected chi connectivity index (χ3v) is 22.9. The summed E-state index contributed by atoms with van der Waals surface area (Å²) in [5.41, 5.74) is 2.56. The van der Waals surface area contributed by atoms with Gasteiger partial charge in [0.1, 0.15) is 73.1 Å². The maximum atomic E-state index is 14.6. The maximum absolute atomic E-state index is 14.6. The number of fused-ring (bicyclic) bond motifs is 6. The third-order valence-electron chi connectivity index (χ3n) is 21.9.